The lowest BCUT2D eigenvalue weighted by atomic mass is 10.1. The Morgan fingerprint density at radius 3 is 2.50 bits per heavy atom. The van der Waals surface area contributed by atoms with Gasteiger partial charge in [0.2, 0.25) is 5.91 Å². The quantitative estimate of drug-likeness (QED) is 0.813. The SMILES string of the molecule is CC1(C(=O)Nc2ccccc2F)CC1(Cl)Cl. The normalized spacial score (nSPS) is 26.2. The molecule has 0 saturated heterocycles. The fraction of sp³-hybridized carbons (Fsp3) is 0.364. The molecule has 0 spiro atoms. The van der Waals surface area contributed by atoms with E-state index in [0.717, 1.165) is 0 Å². The van der Waals surface area contributed by atoms with Gasteiger partial charge in [0.15, 0.2) is 0 Å². The van der Waals surface area contributed by atoms with E-state index < -0.39 is 15.6 Å². The molecule has 1 fully saturated rings. The molecule has 1 saturated carbocycles. The number of rotatable bonds is 2. The van der Waals surface area contributed by atoms with E-state index in [2.05, 4.69) is 5.32 Å². The standard InChI is InChI=1S/C11H10Cl2FNO/c1-10(6-11(10,12)13)9(16)15-8-5-3-2-4-7(8)14/h2-5H,6H2,1H3,(H,15,16). The molecular weight excluding hydrogens is 252 g/mol. The van der Waals surface area contributed by atoms with Crippen molar-refractivity contribution in [2.45, 2.75) is 17.7 Å². The molecule has 2 nitrogen and oxygen atoms in total. The Bertz CT molecular complexity index is 449. The summed E-state index contributed by atoms with van der Waals surface area (Å²) in [5.74, 6) is -0.836. The van der Waals surface area contributed by atoms with E-state index in [-0.39, 0.29) is 11.6 Å². The Kier molecular flexibility index (Phi) is 2.63. The summed E-state index contributed by atoms with van der Waals surface area (Å²) in [6.07, 6.45) is 0.378. The first-order chi connectivity index (χ1) is 7.37. The molecule has 1 aliphatic carbocycles. The van der Waals surface area contributed by atoms with Gasteiger partial charge in [-0.2, -0.15) is 0 Å². The Labute approximate surface area is 103 Å². The number of hydrogen-bond acceptors (Lipinski definition) is 1. The smallest absolute Gasteiger partial charge is 0.233 e. The predicted molar refractivity (Wildman–Crippen MR) is 62.2 cm³/mol. The van der Waals surface area contributed by atoms with E-state index in [0.29, 0.717) is 6.42 Å². The lowest BCUT2D eigenvalue weighted by Gasteiger charge is -2.12. The molecular formula is C11H10Cl2FNO. The lowest BCUT2D eigenvalue weighted by molar-refractivity contribution is -0.120. The van der Waals surface area contributed by atoms with Gasteiger partial charge in [-0.15, -0.1) is 23.2 Å². The minimum absolute atomic E-state index is 0.143. The van der Waals surface area contributed by atoms with Gasteiger partial charge in [-0.1, -0.05) is 12.1 Å². The van der Waals surface area contributed by atoms with Crippen LogP contribution < -0.4 is 5.32 Å². The molecule has 1 aliphatic rings. The first kappa shape index (κ1) is 11.7. The molecule has 1 N–H and O–H groups in total. The highest BCUT2D eigenvalue weighted by Crippen LogP contribution is 2.64. The van der Waals surface area contributed by atoms with Gasteiger partial charge in [0.1, 0.15) is 10.2 Å². The summed E-state index contributed by atoms with van der Waals surface area (Å²) < 4.78 is 12.2. The Morgan fingerprint density at radius 1 is 1.44 bits per heavy atom. The minimum Gasteiger partial charge on any atom is -0.323 e. The first-order valence-corrected chi connectivity index (χ1v) is 5.56. The zero-order valence-electron chi connectivity index (χ0n) is 8.56. The Hall–Kier alpha value is -0.800. The van der Waals surface area contributed by atoms with Gasteiger partial charge in [-0.3, -0.25) is 4.79 Å². The van der Waals surface area contributed by atoms with E-state index in [1.807, 2.05) is 0 Å². The van der Waals surface area contributed by atoms with Crippen molar-refractivity contribution in [3.05, 3.63) is 30.1 Å². The van der Waals surface area contributed by atoms with Crippen molar-refractivity contribution in [1.29, 1.82) is 0 Å². The average molecular weight is 262 g/mol. The molecule has 1 atom stereocenters. The predicted octanol–water partition coefficient (Wildman–Crippen LogP) is 3.35. The summed E-state index contributed by atoms with van der Waals surface area (Å²) in [6, 6.07) is 5.96. The maximum atomic E-state index is 13.3. The molecule has 0 aromatic heterocycles. The van der Waals surface area contributed by atoms with Gasteiger partial charge < -0.3 is 5.32 Å². The molecule has 16 heavy (non-hydrogen) atoms. The van der Waals surface area contributed by atoms with Crippen molar-refractivity contribution >= 4 is 34.8 Å². The highest BCUT2D eigenvalue weighted by Gasteiger charge is 2.67. The number of nitrogens with one attached hydrogen (secondary N) is 1. The molecule has 86 valence electrons. The molecule has 1 unspecified atom stereocenters. The second-order valence-electron chi connectivity index (χ2n) is 4.15. The van der Waals surface area contributed by atoms with Crippen LogP contribution >= 0.6 is 23.2 Å². The number of carbonyl (C=O) groups is 1. The van der Waals surface area contributed by atoms with Gasteiger partial charge in [0.05, 0.1) is 11.1 Å². The van der Waals surface area contributed by atoms with Crippen LogP contribution in [0.1, 0.15) is 13.3 Å². The molecule has 5 heteroatoms. The van der Waals surface area contributed by atoms with Crippen LogP contribution in [0.3, 0.4) is 0 Å². The fourth-order valence-electron chi connectivity index (χ4n) is 1.47. The van der Waals surface area contributed by atoms with Crippen LogP contribution in [0.5, 0.6) is 0 Å². The van der Waals surface area contributed by atoms with Crippen LogP contribution in [-0.2, 0) is 4.79 Å². The number of carbonyl (C=O) groups excluding carboxylic acids is 1. The van der Waals surface area contributed by atoms with Crippen LogP contribution in [0.4, 0.5) is 10.1 Å². The monoisotopic (exact) mass is 261 g/mol. The minimum atomic E-state index is -1.04. The number of benzene rings is 1. The van der Waals surface area contributed by atoms with Gasteiger partial charge in [-0.05, 0) is 25.5 Å². The largest absolute Gasteiger partial charge is 0.323 e. The fourth-order valence-corrected chi connectivity index (χ4v) is 2.18. The summed E-state index contributed by atoms with van der Waals surface area (Å²) in [4.78, 5) is 11.8. The zero-order valence-corrected chi connectivity index (χ0v) is 10.1. The van der Waals surface area contributed by atoms with Crippen molar-refractivity contribution in [1.82, 2.24) is 0 Å². The van der Waals surface area contributed by atoms with E-state index in [9.17, 15) is 9.18 Å². The van der Waals surface area contributed by atoms with Crippen molar-refractivity contribution in [2.75, 3.05) is 5.32 Å². The second kappa shape index (κ2) is 3.60. The highest BCUT2D eigenvalue weighted by molar-refractivity contribution is 6.53. The molecule has 1 aromatic carbocycles. The zero-order chi connectivity index (χ0) is 12.0. The highest BCUT2D eigenvalue weighted by atomic mass is 35.5. The topological polar surface area (TPSA) is 29.1 Å². The van der Waals surface area contributed by atoms with Crippen molar-refractivity contribution in [3.63, 3.8) is 0 Å². The Morgan fingerprint density at radius 2 is 2.00 bits per heavy atom. The van der Waals surface area contributed by atoms with Crippen LogP contribution in [0.25, 0.3) is 0 Å². The van der Waals surface area contributed by atoms with E-state index in [1.54, 1.807) is 19.1 Å². The average Bonchev–Trinajstić information content (AvgIpc) is 2.71. The molecule has 0 aliphatic heterocycles. The van der Waals surface area contributed by atoms with E-state index in [4.69, 9.17) is 23.2 Å². The number of amides is 1. The van der Waals surface area contributed by atoms with E-state index in [1.165, 1.54) is 12.1 Å². The molecule has 0 radical (unpaired) electrons. The van der Waals surface area contributed by atoms with Gasteiger partial charge in [0.25, 0.3) is 0 Å². The third kappa shape index (κ3) is 1.78. The van der Waals surface area contributed by atoms with E-state index >= 15 is 0 Å². The number of para-hydroxylation sites is 1. The molecule has 1 amide bonds. The van der Waals surface area contributed by atoms with Crippen molar-refractivity contribution in [3.8, 4) is 0 Å². The number of hydrogen-bond donors (Lipinski definition) is 1. The van der Waals surface area contributed by atoms with Gasteiger partial charge >= 0.3 is 0 Å². The molecule has 0 bridgehead atoms. The van der Waals surface area contributed by atoms with Gasteiger partial charge in [-0.25, -0.2) is 4.39 Å². The van der Waals surface area contributed by atoms with Gasteiger partial charge in [0, 0.05) is 0 Å². The summed E-state index contributed by atoms with van der Waals surface area (Å²) in [5, 5.41) is 2.49. The second-order valence-corrected chi connectivity index (χ2v) is 5.63. The van der Waals surface area contributed by atoms with Crippen LogP contribution in [0.15, 0.2) is 24.3 Å². The molecule has 2 rings (SSSR count). The third-order valence-electron chi connectivity index (χ3n) is 2.88. The van der Waals surface area contributed by atoms with Crippen LogP contribution in [0.2, 0.25) is 0 Å². The maximum Gasteiger partial charge on any atom is 0.233 e. The van der Waals surface area contributed by atoms with Crippen LogP contribution in [-0.4, -0.2) is 10.2 Å². The summed E-state index contributed by atoms with van der Waals surface area (Å²) in [7, 11) is 0. The molecule has 0 heterocycles. The number of anilines is 1. The van der Waals surface area contributed by atoms with Crippen molar-refractivity contribution in [2.24, 2.45) is 5.41 Å². The summed E-state index contributed by atoms with van der Waals surface area (Å²) >= 11 is 11.7. The first-order valence-electron chi connectivity index (χ1n) is 4.81. The lowest BCUT2D eigenvalue weighted by Crippen LogP contribution is -2.26. The number of alkyl halides is 2. The maximum absolute atomic E-state index is 13.3. The summed E-state index contributed by atoms with van der Waals surface area (Å²) in [6.45, 7) is 1.66. The van der Waals surface area contributed by atoms with Crippen molar-refractivity contribution < 1.29 is 9.18 Å². The summed E-state index contributed by atoms with van der Waals surface area (Å²) in [5.41, 5.74) is -0.692. The molecule has 1 aromatic rings. The van der Waals surface area contributed by atoms with Crippen LogP contribution in [0, 0.1) is 11.2 Å². The third-order valence-corrected chi connectivity index (χ3v) is 3.98. The number of halogens is 3. The Balaban J connectivity index is 2.13.